The topological polar surface area (TPSA) is 0 Å². The van der Waals surface area contributed by atoms with Crippen LogP contribution in [-0.4, -0.2) is 0 Å². The zero-order valence-electron chi connectivity index (χ0n) is 29.6. The molecule has 0 N–H and O–H groups in total. The summed E-state index contributed by atoms with van der Waals surface area (Å²) >= 11 is 0. The van der Waals surface area contributed by atoms with E-state index in [2.05, 4.69) is 206 Å². The van der Waals surface area contributed by atoms with E-state index in [-0.39, 0.29) is 0 Å². The zero-order valence-corrected chi connectivity index (χ0v) is 29.6. The Kier molecular flexibility index (Phi) is 6.97. The van der Waals surface area contributed by atoms with Crippen molar-refractivity contribution < 1.29 is 0 Å². The molecule has 0 aliphatic heterocycles. The van der Waals surface area contributed by atoms with Gasteiger partial charge in [0.05, 0.1) is 0 Å². The van der Waals surface area contributed by atoms with Gasteiger partial charge in [0, 0.05) is 0 Å². The monoisotopic (exact) mass is 682 g/mol. The molecule has 0 aromatic heterocycles. The summed E-state index contributed by atoms with van der Waals surface area (Å²) in [5.41, 5.74) is 9.98. The van der Waals surface area contributed by atoms with Gasteiger partial charge in [-0.25, -0.2) is 0 Å². The Morgan fingerprint density at radius 2 is 0.630 bits per heavy atom. The van der Waals surface area contributed by atoms with Crippen LogP contribution < -0.4 is 0 Å². The third kappa shape index (κ3) is 4.85. The summed E-state index contributed by atoms with van der Waals surface area (Å²) in [4.78, 5) is 0. The first-order valence-corrected chi connectivity index (χ1v) is 18.8. The molecule has 11 rings (SSSR count). The van der Waals surface area contributed by atoms with Gasteiger partial charge in [-0.15, -0.1) is 0 Å². The fourth-order valence-corrected chi connectivity index (χ4v) is 8.89. The Bertz CT molecular complexity index is 3270. The highest BCUT2D eigenvalue weighted by Crippen LogP contribution is 2.48. The standard InChI is InChI=1S/C54H34/c1-3-15-38-32-40(26-24-35(38)12-1)41-28-29-51-52(34-41)53(42-27-25-36-13-2-4-16-39(36)33-42)48-21-9-10-22-49(48)54(51)50-31-30-47(45-19-7-8-20-46(45)50)44-23-11-17-37-14-5-6-18-43(37)44/h1-34H. The molecule has 0 heterocycles. The lowest BCUT2D eigenvalue weighted by Crippen LogP contribution is -1.93. The van der Waals surface area contributed by atoms with E-state index in [0.717, 1.165) is 0 Å². The average molecular weight is 683 g/mol. The maximum Gasteiger partial charge on any atom is -0.00201 e. The Hall–Kier alpha value is -7.02. The lowest BCUT2D eigenvalue weighted by Gasteiger charge is -2.21. The van der Waals surface area contributed by atoms with Crippen molar-refractivity contribution in [2.45, 2.75) is 0 Å². The van der Waals surface area contributed by atoms with Crippen molar-refractivity contribution in [1.29, 1.82) is 0 Å². The SMILES string of the molecule is c1ccc2cc(-c3ccc4c(-c5ccc(-c6cccc7ccccc67)c6ccccc56)c5ccccc5c(-c5ccc6ccccc6c5)c4c3)ccc2c1. The van der Waals surface area contributed by atoms with Crippen molar-refractivity contribution in [2.75, 3.05) is 0 Å². The van der Waals surface area contributed by atoms with Crippen molar-refractivity contribution in [2.24, 2.45) is 0 Å². The number of hydrogen-bond donors (Lipinski definition) is 0. The first-order chi connectivity index (χ1) is 26.8. The second-order valence-electron chi connectivity index (χ2n) is 14.4. The molecule has 0 spiro atoms. The minimum Gasteiger partial charge on any atom is -0.0616 e. The summed E-state index contributed by atoms with van der Waals surface area (Å²) in [5.74, 6) is 0. The first-order valence-electron chi connectivity index (χ1n) is 18.8. The molecule has 11 aromatic rings. The van der Waals surface area contributed by atoms with E-state index in [1.807, 2.05) is 0 Å². The van der Waals surface area contributed by atoms with Gasteiger partial charge in [0.2, 0.25) is 0 Å². The third-order valence-electron chi connectivity index (χ3n) is 11.4. The quantitative estimate of drug-likeness (QED) is 0.162. The number of benzene rings is 11. The number of fused-ring (bicyclic) bond motifs is 6. The van der Waals surface area contributed by atoms with Crippen LogP contribution in [0.15, 0.2) is 206 Å². The molecule has 0 unspecified atom stereocenters. The van der Waals surface area contributed by atoms with Crippen LogP contribution in [0.4, 0.5) is 0 Å². The summed E-state index contributed by atoms with van der Waals surface area (Å²) in [6, 6.07) is 76.3. The van der Waals surface area contributed by atoms with Crippen LogP contribution in [0.3, 0.4) is 0 Å². The van der Waals surface area contributed by atoms with Crippen molar-refractivity contribution >= 4 is 64.6 Å². The summed E-state index contributed by atoms with van der Waals surface area (Å²) in [6.45, 7) is 0. The summed E-state index contributed by atoms with van der Waals surface area (Å²) < 4.78 is 0. The highest BCUT2D eigenvalue weighted by Gasteiger charge is 2.20. The lowest BCUT2D eigenvalue weighted by molar-refractivity contribution is 1.65. The molecular weight excluding hydrogens is 649 g/mol. The van der Waals surface area contributed by atoms with E-state index in [1.165, 1.54) is 109 Å². The highest BCUT2D eigenvalue weighted by atomic mass is 14.2. The molecule has 0 aliphatic carbocycles. The van der Waals surface area contributed by atoms with E-state index in [0.29, 0.717) is 0 Å². The largest absolute Gasteiger partial charge is 0.0616 e. The third-order valence-corrected chi connectivity index (χ3v) is 11.4. The Morgan fingerprint density at radius 1 is 0.185 bits per heavy atom. The second kappa shape index (κ2) is 12.3. The van der Waals surface area contributed by atoms with Crippen LogP contribution in [0.2, 0.25) is 0 Å². The van der Waals surface area contributed by atoms with Crippen LogP contribution in [0.5, 0.6) is 0 Å². The highest BCUT2D eigenvalue weighted by molar-refractivity contribution is 6.25. The van der Waals surface area contributed by atoms with Gasteiger partial charge in [-0.2, -0.15) is 0 Å². The summed E-state index contributed by atoms with van der Waals surface area (Å²) in [6.07, 6.45) is 0. The number of hydrogen-bond acceptors (Lipinski definition) is 0. The maximum atomic E-state index is 2.44. The summed E-state index contributed by atoms with van der Waals surface area (Å²) in [7, 11) is 0. The predicted molar refractivity (Wildman–Crippen MR) is 233 cm³/mol. The second-order valence-corrected chi connectivity index (χ2v) is 14.4. The molecular formula is C54H34. The molecule has 250 valence electrons. The van der Waals surface area contributed by atoms with E-state index >= 15 is 0 Å². The van der Waals surface area contributed by atoms with Crippen LogP contribution >= 0.6 is 0 Å². The molecule has 0 radical (unpaired) electrons. The molecule has 0 saturated carbocycles. The zero-order chi connectivity index (χ0) is 35.6. The van der Waals surface area contributed by atoms with Crippen molar-refractivity contribution in [1.82, 2.24) is 0 Å². The minimum atomic E-state index is 1.22. The minimum absolute atomic E-state index is 1.22. The Morgan fingerprint density at radius 3 is 1.35 bits per heavy atom. The van der Waals surface area contributed by atoms with Gasteiger partial charge in [0.15, 0.2) is 0 Å². The normalized spacial score (nSPS) is 11.7. The average Bonchev–Trinajstić information content (AvgIpc) is 3.24. The molecule has 54 heavy (non-hydrogen) atoms. The van der Waals surface area contributed by atoms with Crippen LogP contribution in [0, 0.1) is 0 Å². The molecule has 0 aliphatic rings. The van der Waals surface area contributed by atoms with Gasteiger partial charge in [-0.3, -0.25) is 0 Å². The van der Waals surface area contributed by atoms with Gasteiger partial charge in [-0.1, -0.05) is 188 Å². The maximum absolute atomic E-state index is 2.44. The fourth-order valence-electron chi connectivity index (χ4n) is 8.89. The van der Waals surface area contributed by atoms with Crippen LogP contribution in [0.25, 0.3) is 109 Å². The Balaban J connectivity index is 1.23. The van der Waals surface area contributed by atoms with Gasteiger partial charge >= 0.3 is 0 Å². The molecule has 0 saturated heterocycles. The predicted octanol–water partition coefficient (Wildman–Crippen LogP) is 15.3. The lowest BCUT2D eigenvalue weighted by atomic mass is 9.82. The molecule has 0 fully saturated rings. The van der Waals surface area contributed by atoms with Gasteiger partial charge < -0.3 is 0 Å². The molecule has 0 heteroatoms. The Labute approximate surface area is 314 Å². The molecule has 11 aromatic carbocycles. The van der Waals surface area contributed by atoms with Crippen molar-refractivity contribution in [3.8, 4) is 44.5 Å². The summed E-state index contributed by atoms with van der Waals surface area (Å²) in [5, 5.41) is 15.1. The van der Waals surface area contributed by atoms with E-state index in [9.17, 15) is 0 Å². The molecule has 0 nitrogen and oxygen atoms in total. The van der Waals surface area contributed by atoms with E-state index in [4.69, 9.17) is 0 Å². The van der Waals surface area contributed by atoms with Crippen LogP contribution in [0.1, 0.15) is 0 Å². The molecule has 0 atom stereocenters. The van der Waals surface area contributed by atoms with Gasteiger partial charge in [-0.05, 0) is 127 Å². The van der Waals surface area contributed by atoms with Gasteiger partial charge in [0.1, 0.15) is 0 Å². The smallest absolute Gasteiger partial charge is 0.00201 e. The first kappa shape index (κ1) is 30.6. The van der Waals surface area contributed by atoms with Crippen molar-refractivity contribution in [3.63, 3.8) is 0 Å². The molecule has 0 bridgehead atoms. The van der Waals surface area contributed by atoms with Crippen molar-refractivity contribution in [3.05, 3.63) is 206 Å². The van der Waals surface area contributed by atoms with E-state index in [1.54, 1.807) is 0 Å². The fraction of sp³-hybridized carbons (Fsp3) is 0. The molecule has 0 amide bonds. The van der Waals surface area contributed by atoms with Crippen LogP contribution in [-0.2, 0) is 0 Å². The van der Waals surface area contributed by atoms with E-state index < -0.39 is 0 Å². The van der Waals surface area contributed by atoms with Gasteiger partial charge in [0.25, 0.3) is 0 Å². The number of rotatable bonds is 4.